The zero-order valence-electron chi connectivity index (χ0n) is 18.8. The van der Waals surface area contributed by atoms with Crippen LogP contribution < -0.4 is 10.2 Å². The summed E-state index contributed by atoms with van der Waals surface area (Å²) in [6, 6.07) is 4.24. The third-order valence-corrected chi connectivity index (χ3v) is 7.77. The van der Waals surface area contributed by atoms with Crippen LogP contribution in [0.5, 0.6) is 0 Å². The van der Waals surface area contributed by atoms with Gasteiger partial charge < -0.3 is 14.8 Å². The smallest absolute Gasteiger partial charge is 0.272 e. The lowest BCUT2D eigenvalue weighted by Gasteiger charge is -2.21. The van der Waals surface area contributed by atoms with Crippen LogP contribution in [0, 0.1) is 31.6 Å². The molecule has 8 heteroatoms. The summed E-state index contributed by atoms with van der Waals surface area (Å²) >= 11 is 0. The molecule has 1 saturated carbocycles. The Balaban J connectivity index is 1.10. The van der Waals surface area contributed by atoms with Crippen LogP contribution in [-0.4, -0.2) is 43.7 Å². The Morgan fingerprint density at radius 2 is 2.06 bits per heavy atom. The van der Waals surface area contributed by atoms with Crippen LogP contribution in [0.3, 0.4) is 0 Å². The Hall–Kier alpha value is -3.16. The number of aromatic amines is 1. The first kappa shape index (κ1) is 19.5. The van der Waals surface area contributed by atoms with Crippen LogP contribution in [-0.2, 0) is 13.0 Å². The molecule has 3 aromatic rings. The van der Waals surface area contributed by atoms with Gasteiger partial charge in [0, 0.05) is 30.7 Å². The zero-order chi connectivity index (χ0) is 22.0. The minimum atomic E-state index is -0.158. The van der Waals surface area contributed by atoms with E-state index in [0.717, 1.165) is 72.1 Å². The predicted octanol–water partition coefficient (Wildman–Crippen LogP) is 2.79. The molecule has 2 N–H and O–H groups in total. The largest absolute Gasteiger partial charge is 0.356 e. The molecule has 3 aromatic heterocycles. The summed E-state index contributed by atoms with van der Waals surface area (Å²) in [4.78, 5) is 24.4. The van der Waals surface area contributed by atoms with Crippen LogP contribution in [0.4, 0.5) is 5.82 Å². The number of rotatable bonds is 5. The fourth-order valence-corrected chi connectivity index (χ4v) is 5.56. The van der Waals surface area contributed by atoms with Crippen molar-refractivity contribution in [1.29, 1.82) is 0 Å². The van der Waals surface area contributed by atoms with E-state index in [0.29, 0.717) is 12.2 Å². The summed E-state index contributed by atoms with van der Waals surface area (Å²) in [5.74, 6) is 3.54. The number of amides is 1. The van der Waals surface area contributed by atoms with Crippen molar-refractivity contribution in [2.24, 2.45) is 17.8 Å². The number of fused-ring (bicyclic) bond motifs is 2. The van der Waals surface area contributed by atoms with Crippen LogP contribution in [0.25, 0.3) is 0 Å². The lowest BCUT2D eigenvalue weighted by Crippen LogP contribution is -2.27. The number of nitrogens with zero attached hydrogens (tertiary/aromatic N) is 5. The molecular formula is C24H29N7O. The lowest BCUT2D eigenvalue weighted by molar-refractivity contribution is 0.0931. The van der Waals surface area contributed by atoms with E-state index in [1.165, 1.54) is 5.56 Å². The standard InChI is InChI=1S/C24H29N7O/c1-13-18-9-31(10-19(13)18)22-7-4-16(14(2)26-22)8-30-11-21(25-12-30)24(32)27-20-6-5-17-15(3)28-29-23(17)20/h4,7,11-13,18-20H,5-6,8-10H2,1-3H3,(H,27,32)(H,28,29)/t13-,18+,19-,20-/m1/s1. The number of carbonyl (C=O) groups is 1. The highest BCUT2D eigenvalue weighted by molar-refractivity contribution is 5.92. The molecule has 4 heterocycles. The van der Waals surface area contributed by atoms with Gasteiger partial charge in [-0.2, -0.15) is 5.10 Å². The molecule has 3 aliphatic rings. The van der Waals surface area contributed by atoms with Crippen molar-refractivity contribution >= 4 is 11.7 Å². The SMILES string of the molecule is Cc1nc(N2C[C@@H]3[C@H](C)[C@@H]3C2)ccc1Cn1cnc(C(=O)N[C@@H]2CCc3c2n[nH]c3C)c1. The molecular weight excluding hydrogens is 402 g/mol. The third kappa shape index (κ3) is 3.20. The van der Waals surface area contributed by atoms with Crippen molar-refractivity contribution in [2.75, 3.05) is 18.0 Å². The van der Waals surface area contributed by atoms with Gasteiger partial charge in [0.1, 0.15) is 11.5 Å². The molecule has 0 radical (unpaired) electrons. The number of hydrogen-bond donors (Lipinski definition) is 2. The first-order valence-electron chi connectivity index (χ1n) is 11.6. The highest BCUT2D eigenvalue weighted by atomic mass is 16.2. The quantitative estimate of drug-likeness (QED) is 0.648. The topological polar surface area (TPSA) is 91.7 Å². The molecule has 1 amide bonds. The second kappa shape index (κ2) is 7.18. The molecule has 6 rings (SSSR count). The molecule has 1 saturated heterocycles. The van der Waals surface area contributed by atoms with Gasteiger partial charge in [-0.3, -0.25) is 9.89 Å². The summed E-state index contributed by atoms with van der Waals surface area (Å²) in [7, 11) is 0. The van der Waals surface area contributed by atoms with Gasteiger partial charge in [0.05, 0.1) is 24.6 Å². The normalized spacial score (nSPS) is 25.7. The minimum Gasteiger partial charge on any atom is -0.356 e. The molecule has 2 aliphatic carbocycles. The maximum Gasteiger partial charge on any atom is 0.272 e. The molecule has 4 atom stereocenters. The van der Waals surface area contributed by atoms with E-state index in [1.54, 1.807) is 6.33 Å². The predicted molar refractivity (Wildman–Crippen MR) is 121 cm³/mol. The summed E-state index contributed by atoms with van der Waals surface area (Å²) < 4.78 is 1.95. The number of aromatic nitrogens is 5. The fourth-order valence-electron chi connectivity index (χ4n) is 5.56. The van der Waals surface area contributed by atoms with E-state index in [4.69, 9.17) is 4.98 Å². The number of carbonyl (C=O) groups excluding carboxylic acids is 1. The molecule has 0 bridgehead atoms. The molecule has 32 heavy (non-hydrogen) atoms. The van der Waals surface area contributed by atoms with Crippen molar-refractivity contribution in [3.63, 3.8) is 0 Å². The summed E-state index contributed by atoms with van der Waals surface area (Å²) in [5.41, 5.74) is 5.88. The minimum absolute atomic E-state index is 0.0498. The Kier molecular flexibility index (Phi) is 4.38. The molecule has 166 valence electrons. The van der Waals surface area contributed by atoms with Crippen molar-refractivity contribution in [2.45, 2.75) is 46.2 Å². The Labute approximate surface area is 187 Å². The van der Waals surface area contributed by atoms with E-state index in [1.807, 2.05) is 17.7 Å². The molecule has 1 aliphatic heterocycles. The number of anilines is 1. The first-order chi connectivity index (χ1) is 15.5. The number of aryl methyl sites for hydroxylation is 2. The number of imidazole rings is 1. The highest BCUT2D eigenvalue weighted by Crippen LogP contribution is 2.51. The number of nitrogens with one attached hydrogen (secondary N) is 2. The Morgan fingerprint density at radius 3 is 2.84 bits per heavy atom. The third-order valence-electron chi connectivity index (χ3n) is 7.77. The van der Waals surface area contributed by atoms with Gasteiger partial charge in [-0.05, 0) is 61.6 Å². The van der Waals surface area contributed by atoms with Crippen LogP contribution in [0.1, 0.15) is 58.1 Å². The Morgan fingerprint density at radius 1 is 1.25 bits per heavy atom. The summed E-state index contributed by atoms with van der Waals surface area (Å²) in [6.07, 6.45) is 5.35. The number of piperidine rings is 1. The second-order valence-electron chi connectivity index (χ2n) is 9.71. The van der Waals surface area contributed by atoms with Gasteiger partial charge in [-0.1, -0.05) is 13.0 Å². The lowest BCUT2D eigenvalue weighted by atomic mass is 10.2. The van der Waals surface area contributed by atoms with Gasteiger partial charge in [0.2, 0.25) is 0 Å². The monoisotopic (exact) mass is 431 g/mol. The molecule has 2 fully saturated rings. The highest BCUT2D eigenvalue weighted by Gasteiger charge is 2.52. The van der Waals surface area contributed by atoms with E-state index in [9.17, 15) is 4.79 Å². The van der Waals surface area contributed by atoms with Crippen molar-refractivity contribution in [3.05, 3.63) is 58.6 Å². The van der Waals surface area contributed by atoms with Gasteiger partial charge in [-0.25, -0.2) is 9.97 Å². The van der Waals surface area contributed by atoms with E-state index in [-0.39, 0.29) is 11.9 Å². The zero-order valence-corrected chi connectivity index (χ0v) is 18.8. The van der Waals surface area contributed by atoms with Gasteiger partial charge in [0.15, 0.2) is 0 Å². The molecule has 0 unspecified atom stereocenters. The van der Waals surface area contributed by atoms with Crippen molar-refractivity contribution in [1.82, 2.24) is 30.0 Å². The molecule has 0 spiro atoms. The second-order valence-corrected chi connectivity index (χ2v) is 9.71. The number of H-pyrrole nitrogens is 1. The van der Waals surface area contributed by atoms with Crippen LogP contribution in [0.2, 0.25) is 0 Å². The summed E-state index contributed by atoms with van der Waals surface area (Å²) in [6.45, 7) is 9.36. The van der Waals surface area contributed by atoms with Gasteiger partial charge in [-0.15, -0.1) is 0 Å². The Bertz CT molecular complexity index is 1180. The fraction of sp³-hybridized carbons (Fsp3) is 0.500. The molecule has 8 nitrogen and oxygen atoms in total. The van der Waals surface area contributed by atoms with Crippen LogP contribution in [0.15, 0.2) is 24.7 Å². The van der Waals surface area contributed by atoms with Gasteiger partial charge >= 0.3 is 0 Å². The van der Waals surface area contributed by atoms with Crippen molar-refractivity contribution < 1.29 is 4.79 Å². The van der Waals surface area contributed by atoms with Crippen molar-refractivity contribution in [3.8, 4) is 0 Å². The van der Waals surface area contributed by atoms with E-state index in [2.05, 4.69) is 51.4 Å². The van der Waals surface area contributed by atoms with E-state index < -0.39 is 0 Å². The molecule has 0 aromatic carbocycles. The first-order valence-corrected chi connectivity index (χ1v) is 11.6. The van der Waals surface area contributed by atoms with Crippen LogP contribution >= 0.6 is 0 Å². The van der Waals surface area contributed by atoms with E-state index >= 15 is 0 Å². The average molecular weight is 432 g/mol. The number of pyridine rings is 1. The summed E-state index contributed by atoms with van der Waals surface area (Å²) in [5, 5.41) is 10.5. The van der Waals surface area contributed by atoms with Gasteiger partial charge in [0.25, 0.3) is 5.91 Å². The average Bonchev–Trinajstić information content (AvgIpc) is 3.36. The maximum atomic E-state index is 12.8. The number of hydrogen-bond acceptors (Lipinski definition) is 5. The maximum absolute atomic E-state index is 12.8.